The van der Waals surface area contributed by atoms with E-state index < -0.39 is 9.84 Å². The second-order valence-corrected chi connectivity index (χ2v) is 5.95. The van der Waals surface area contributed by atoms with E-state index in [2.05, 4.69) is 4.98 Å². The first-order valence-corrected chi connectivity index (χ1v) is 6.38. The molecule has 14 heavy (non-hydrogen) atoms. The minimum absolute atomic E-state index is 0.219. The Morgan fingerprint density at radius 2 is 2.07 bits per heavy atom. The predicted molar refractivity (Wildman–Crippen MR) is 54.1 cm³/mol. The third-order valence-electron chi connectivity index (χ3n) is 2.49. The molecule has 0 unspecified atom stereocenters. The molecule has 0 bridgehead atoms. The van der Waals surface area contributed by atoms with E-state index in [1.807, 2.05) is 26.0 Å². The van der Waals surface area contributed by atoms with Crippen LogP contribution in [0.25, 0.3) is 0 Å². The van der Waals surface area contributed by atoms with Gasteiger partial charge in [0.2, 0.25) is 0 Å². The fourth-order valence-corrected chi connectivity index (χ4v) is 3.10. The fraction of sp³-hybridized carbons (Fsp3) is 0.500. The highest BCUT2D eigenvalue weighted by molar-refractivity contribution is 7.91. The van der Waals surface area contributed by atoms with Crippen LogP contribution in [0.15, 0.2) is 17.2 Å². The summed E-state index contributed by atoms with van der Waals surface area (Å²) in [5, 5.41) is 0.309. The van der Waals surface area contributed by atoms with Gasteiger partial charge in [0.1, 0.15) is 0 Å². The van der Waals surface area contributed by atoms with Crippen LogP contribution in [-0.4, -0.2) is 19.2 Å². The van der Waals surface area contributed by atoms with Crippen molar-refractivity contribution in [2.45, 2.75) is 31.2 Å². The molecule has 1 aliphatic rings. The number of fused-ring (bicyclic) bond motifs is 1. The van der Waals surface area contributed by atoms with Crippen LogP contribution in [-0.2, 0) is 16.3 Å². The molecule has 1 aromatic rings. The lowest BCUT2D eigenvalue weighted by atomic mass is 10.1. The number of sulfone groups is 1. The van der Waals surface area contributed by atoms with E-state index in [0.717, 1.165) is 11.3 Å². The van der Waals surface area contributed by atoms with E-state index in [-0.39, 0.29) is 11.7 Å². The Labute approximate surface area is 84.1 Å². The highest BCUT2D eigenvalue weighted by Crippen LogP contribution is 2.25. The number of aryl methyl sites for hydroxylation is 1. The second kappa shape index (κ2) is 3.05. The van der Waals surface area contributed by atoms with Crippen LogP contribution in [0.3, 0.4) is 0 Å². The molecule has 3 nitrogen and oxygen atoms in total. The van der Waals surface area contributed by atoms with Gasteiger partial charge >= 0.3 is 0 Å². The molecule has 0 aliphatic carbocycles. The van der Waals surface area contributed by atoms with Gasteiger partial charge in [0.25, 0.3) is 0 Å². The maximum Gasteiger partial charge on any atom is 0.196 e. The summed E-state index contributed by atoms with van der Waals surface area (Å²) in [7, 11) is -3.07. The van der Waals surface area contributed by atoms with Crippen molar-refractivity contribution in [1.82, 2.24) is 4.98 Å². The zero-order chi connectivity index (χ0) is 10.3. The van der Waals surface area contributed by atoms with Gasteiger partial charge in [0.05, 0.1) is 5.75 Å². The lowest BCUT2D eigenvalue weighted by molar-refractivity contribution is 0.596. The lowest BCUT2D eigenvalue weighted by Crippen LogP contribution is -2.03. The van der Waals surface area contributed by atoms with Crippen LogP contribution in [0.2, 0.25) is 0 Å². The van der Waals surface area contributed by atoms with Crippen LogP contribution in [0.1, 0.15) is 31.0 Å². The summed E-state index contributed by atoms with van der Waals surface area (Å²) in [5.41, 5.74) is 1.73. The van der Waals surface area contributed by atoms with Crippen molar-refractivity contribution in [1.29, 1.82) is 0 Å². The minimum atomic E-state index is -3.07. The number of hydrogen-bond donors (Lipinski definition) is 0. The first kappa shape index (κ1) is 9.65. The van der Waals surface area contributed by atoms with E-state index in [1.165, 1.54) is 0 Å². The van der Waals surface area contributed by atoms with E-state index in [9.17, 15) is 8.42 Å². The van der Waals surface area contributed by atoms with E-state index in [0.29, 0.717) is 11.4 Å². The molecule has 0 spiro atoms. The molecule has 2 heterocycles. The quantitative estimate of drug-likeness (QED) is 0.707. The zero-order valence-corrected chi connectivity index (χ0v) is 9.13. The van der Waals surface area contributed by atoms with Gasteiger partial charge in [-0.2, -0.15) is 0 Å². The average molecular weight is 211 g/mol. The summed E-state index contributed by atoms with van der Waals surface area (Å²) < 4.78 is 23.1. The molecule has 76 valence electrons. The summed E-state index contributed by atoms with van der Waals surface area (Å²) in [6.07, 6.45) is 0.614. The molecule has 0 atom stereocenters. The van der Waals surface area contributed by atoms with E-state index >= 15 is 0 Å². The van der Waals surface area contributed by atoms with Crippen molar-refractivity contribution >= 4 is 9.84 Å². The van der Waals surface area contributed by atoms with Gasteiger partial charge in [-0.1, -0.05) is 19.9 Å². The fourth-order valence-electron chi connectivity index (χ4n) is 1.61. The molecule has 0 radical (unpaired) electrons. The molecule has 2 rings (SSSR count). The largest absolute Gasteiger partial charge is 0.241 e. The van der Waals surface area contributed by atoms with Crippen LogP contribution in [0.4, 0.5) is 0 Å². The second-order valence-electron chi connectivity index (χ2n) is 3.92. The first-order chi connectivity index (χ1) is 6.50. The van der Waals surface area contributed by atoms with Crippen molar-refractivity contribution in [2.24, 2.45) is 0 Å². The molecule has 0 saturated carbocycles. The van der Waals surface area contributed by atoms with E-state index in [4.69, 9.17) is 0 Å². The zero-order valence-electron chi connectivity index (χ0n) is 8.32. The van der Waals surface area contributed by atoms with Gasteiger partial charge in [0, 0.05) is 5.69 Å². The SMILES string of the molecule is CC(C)c1ccc2c(n1)S(=O)(=O)CC2. The number of aromatic nitrogens is 1. The predicted octanol–water partition coefficient (Wildman–Crippen LogP) is 1.53. The maximum atomic E-state index is 11.6. The van der Waals surface area contributed by atoms with Crippen molar-refractivity contribution in [3.05, 3.63) is 23.4 Å². The summed E-state index contributed by atoms with van der Waals surface area (Å²) in [6.45, 7) is 4.02. The molecule has 0 N–H and O–H groups in total. The summed E-state index contributed by atoms with van der Waals surface area (Å²) in [5.74, 6) is 0.493. The molecular weight excluding hydrogens is 198 g/mol. The standard InChI is InChI=1S/C10H13NO2S/c1-7(2)9-4-3-8-5-6-14(12,13)10(8)11-9/h3-4,7H,5-6H2,1-2H3. The molecule has 0 fully saturated rings. The van der Waals surface area contributed by atoms with Gasteiger partial charge in [-0.05, 0) is 24.0 Å². The minimum Gasteiger partial charge on any atom is -0.241 e. The van der Waals surface area contributed by atoms with Gasteiger partial charge in [-0.15, -0.1) is 0 Å². The van der Waals surface area contributed by atoms with Gasteiger partial charge in [-0.25, -0.2) is 13.4 Å². The van der Waals surface area contributed by atoms with Crippen LogP contribution < -0.4 is 0 Å². The highest BCUT2D eigenvalue weighted by Gasteiger charge is 2.28. The monoisotopic (exact) mass is 211 g/mol. The Morgan fingerprint density at radius 3 is 2.71 bits per heavy atom. The van der Waals surface area contributed by atoms with Crippen molar-refractivity contribution in [3.63, 3.8) is 0 Å². The molecule has 1 aromatic heterocycles. The highest BCUT2D eigenvalue weighted by atomic mass is 32.2. The van der Waals surface area contributed by atoms with E-state index in [1.54, 1.807) is 0 Å². The maximum absolute atomic E-state index is 11.6. The molecule has 0 amide bonds. The summed E-state index contributed by atoms with van der Waals surface area (Å²) in [4.78, 5) is 4.22. The van der Waals surface area contributed by atoms with Crippen LogP contribution >= 0.6 is 0 Å². The molecule has 0 saturated heterocycles. The Morgan fingerprint density at radius 1 is 1.36 bits per heavy atom. The number of rotatable bonds is 1. The molecule has 4 heteroatoms. The topological polar surface area (TPSA) is 47.0 Å². The number of hydrogen-bond acceptors (Lipinski definition) is 3. The molecule has 1 aliphatic heterocycles. The number of pyridine rings is 1. The smallest absolute Gasteiger partial charge is 0.196 e. The molecule has 0 aromatic carbocycles. The van der Waals surface area contributed by atoms with Crippen LogP contribution in [0, 0.1) is 0 Å². The van der Waals surface area contributed by atoms with Gasteiger partial charge < -0.3 is 0 Å². The van der Waals surface area contributed by atoms with Gasteiger partial charge in [0.15, 0.2) is 14.9 Å². The lowest BCUT2D eigenvalue weighted by Gasteiger charge is -2.05. The van der Waals surface area contributed by atoms with Crippen molar-refractivity contribution < 1.29 is 8.42 Å². The Bertz CT molecular complexity index is 463. The van der Waals surface area contributed by atoms with Crippen molar-refractivity contribution in [2.75, 3.05) is 5.75 Å². The Hall–Kier alpha value is -0.900. The summed E-state index contributed by atoms with van der Waals surface area (Å²) >= 11 is 0. The number of nitrogens with zero attached hydrogens (tertiary/aromatic N) is 1. The average Bonchev–Trinajstić information content (AvgIpc) is 2.42. The third kappa shape index (κ3) is 1.43. The first-order valence-electron chi connectivity index (χ1n) is 4.73. The van der Waals surface area contributed by atoms with Crippen LogP contribution in [0.5, 0.6) is 0 Å². The Balaban J connectivity index is 2.60. The normalized spacial score (nSPS) is 18.5. The molecular formula is C10H13NO2S. The summed E-state index contributed by atoms with van der Waals surface area (Å²) in [6, 6.07) is 3.81. The Kier molecular flexibility index (Phi) is 2.10. The third-order valence-corrected chi connectivity index (χ3v) is 4.17. The van der Waals surface area contributed by atoms with Crippen molar-refractivity contribution in [3.8, 4) is 0 Å². The van der Waals surface area contributed by atoms with Gasteiger partial charge in [-0.3, -0.25) is 0 Å².